The van der Waals surface area contributed by atoms with Gasteiger partial charge in [0.2, 0.25) is 11.8 Å². The van der Waals surface area contributed by atoms with E-state index < -0.39 is 23.6 Å². The summed E-state index contributed by atoms with van der Waals surface area (Å²) in [5.41, 5.74) is 0.784. The van der Waals surface area contributed by atoms with Crippen LogP contribution in [0.5, 0.6) is 0 Å². The summed E-state index contributed by atoms with van der Waals surface area (Å²) < 4.78 is 38.7. The van der Waals surface area contributed by atoms with Crippen molar-refractivity contribution in [3.8, 4) is 0 Å². The highest BCUT2D eigenvalue weighted by Gasteiger charge is 2.31. The third kappa shape index (κ3) is 5.07. The van der Waals surface area contributed by atoms with E-state index >= 15 is 0 Å². The van der Waals surface area contributed by atoms with Crippen LogP contribution in [0.2, 0.25) is 0 Å². The fraction of sp³-hybridized carbons (Fsp3) is 0.222. The van der Waals surface area contributed by atoms with Crippen LogP contribution in [-0.4, -0.2) is 11.8 Å². The number of rotatable bonds is 4. The quantitative estimate of drug-likeness (QED) is 0.870. The highest BCUT2D eigenvalue weighted by atomic mass is 19.4. The topological polar surface area (TPSA) is 58.2 Å². The Morgan fingerprint density at radius 2 is 1.68 bits per heavy atom. The predicted octanol–water partition coefficient (Wildman–Crippen LogP) is 4.15. The second-order valence-corrected chi connectivity index (χ2v) is 5.59. The lowest BCUT2D eigenvalue weighted by atomic mass is 10.1. The number of carbonyl (C=O) groups excluding carboxylic acids is 2. The molecule has 25 heavy (non-hydrogen) atoms. The molecular formula is C18H17F3N2O2. The van der Waals surface area contributed by atoms with Crippen molar-refractivity contribution in [3.63, 3.8) is 0 Å². The minimum Gasteiger partial charge on any atom is -0.325 e. The van der Waals surface area contributed by atoms with Crippen molar-refractivity contribution in [1.82, 2.24) is 0 Å². The van der Waals surface area contributed by atoms with Gasteiger partial charge in [0.05, 0.1) is 23.4 Å². The number of anilines is 2. The Morgan fingerprint density at radius 3 is 2.28 bits per heavy atom. The third-order valence-electron chi connectivity index (χ3n) is 3.54. The number of hydrogen-bond acceptors (Lipinski definition) is 2. The van der Waals surface area contributed by atoms with E-state index in [0.29, 0.717) is 0 Å². The average molecular weight is 350 g/mol. The molecule has 4 nitrogen and oxygen atoms in total. The molecule has 2 rings (SSSR count). The molecule has 7 heteroatoms. The Labute approximate surface area is 143 Å². The van der Waals surface area contributed by atoms with Crippen LogP contribution in [0.4, 0.5) is 24.5 Å². The van der Waals surface area contributed by atoms with E-state index in [-0.39, 0.29) is 17.8 Å². The molecule has 0 aliphatic rings. The minimum absolute atomic E-state index is 0.0163. The standard InChI is InChI=1S/C18H17F3N2O2/c1-11-5-3-4-6-13(11)9-17(25)23-16-10-14(18(19,20)21)7-8-15(16)22-12(2)24/h3-8,10H,9H2,1-2H3,(H,22,24)(H,23,25). The molecule has 2 aromatic carbocycles. The second kappa shape index (κ2) is 7.38. The molecule has 0 atom stereocenters. The van der Waals surface area contributed by atoms with E-state index in [4.69, 9.17) is 0 Å². The van der Waals surface area contributed by atoms with Crippen LogP contribution >= 0.6 is 0 Å². The molecule has 0 aliphatic carbocycles. The van der Waals surface area contributed by atoms with E-state index in [0.717, 1.165) is 29.3 Å². The molecule has 2 aromatic rings. The molecule has 0 aliphatic heterocycles. The Balaban J connectivity index is 2.27. The van der Waals surface area contributed by atoms with Gasteiger partial charge in [0.15, 0.2) is 0 Å². The first kappa shape index (κ1) is 18.5. The lowest BCUT2D eigenvalue weighted by molar-refractivity contribution is -0.137. The summed E-state index contributed by atoms with van der Waals surface area (Å²) in [6.45, 7) is 3.08. The number of nitrogens with one attached hydrogen (secondary N) is 2. The summed E-state index contributed by atoms with van der Waals surface area (Å²) in [5, 5.41) is 4.86. The molecular weight excluding hydrogens is 333 g/mol. The highest BCUT2D eigenvalue weighted by molar-refractivity contribution is 5.99. The van der Waals surface area contributed by atoms with Gasteiger partial charge in [0, 0.05) is 6.92 Å². The molecule has 2 amide bonds. The molecule has 0 saturated heterocycles. The lowest BCUT2D eigenvalue weighted by Crippen LogP contribution is -2.18. The van der Waals surface area contributed by atoms with E-state index in [1.54, 1.807) is 12.1 Å². The Morgan fingerprint density at radius 1 is 1.00 bits per heavy atom. The zero-order valence-electron chi connectivity index (χ0n) is 13.7. The van der Waals surface area contributed by atoms with Crippen LogP contribution in [-0.2, 0) is 22.2 Å². The Bertz CT molecular complexity index is 801. The summed E-state index contributed by atoms with van der Waals surface area (Å²) in [5.74, 6) is -0.922. The molecule has 2 N–H and O–H groups in total. The molecule has 0 heterocycles. The van der Waals surface area contributed by atoms with Gasteiger partial charge in [0.1, 0.15) is 0 Å². The molecule has 0 bridgehead atoms. The molecule has 0 fully saturated rings. The van der Waals surface area contributed by atoms with Crippen molar-refractivity contribution >= 4 is 23.2 Å². The Hall–Kier alpha value is -2.83. The summed E-state index contributed by atoms with van der Waals surface area (Å²) in [6.07, 6.45) is -4.54. The van der Waals surface area contributed by atoms with Gasteiger partial charge in [-0.25, -0.2) is 0 Å². The second-order valence-electron chi connectivity index (χ2n) is 5.59. The van der Waals surface area contributed by atoms with Gasteiger partial charge in [-0.15, -0.1) is 0 Å². The van der Waals surface area contributed by atoms with Crippen LogP contribution in [0.25, 0.3) is 0 Å². The van der Waals surface area contributed by atoms with Crippen molar-refractivity contribution < 1.29 is 22.8 Å². The molecule has 0 unspecified atom stereocenters. The van der Waals surface area contributed by atoms with E-state index in [2.05, 4.69) is 10.6 Å². The van der Waals surface area contributed by atoms with Gasteiger partial charge in [-0.1, -0.05) is 24.3 Å². The number of aryl methyl sites for hydroxylation is 1. The van der Waals surface area contributed by atoms with Crippen molar-refractivity contribution in [3.05, 3.63) is 59.2 Å². The average Bonchev–Trinajstić information content (AvgIpc) is 2.49. The highest BCUT2D eigenvalue weighted by Crippen LogP contribution is 2.34. The van der Waals surface area contributed by atoms with Gasteiger partial charge >= 0.3 is 6.18 Å². The van der Waals surface area contributed by atoms with E-state index in [1.807, 2.05) is 19.1 Å². The number of amides is 2. The van der Waals surface area contributed by atoms with Crippen molar-refractivity contribution in [2.75, 3.05) is 10.6 Å². The third-order valence-corrected chi connectivity index (χ3v) is 3.54. The summed E-state index contributed by atoms with van der Waals surface area (Å²) in [6, 6.07) is 10.0. The van der Waals surface area contributed by atoms with Crippen molar-refractivity contribution in [2.24, 2.45) is 0 Å². The molecule has 0 saturated carbocycles. The summed E-state index contributed by atoms with van der Waals surface area (Å²) >= 11 is 0. The number of benzene rings is 2. The number of hydrogen-bond donors (Lipinski definition) is 2. The first-order valence-corrected chi connectivity index (χ1v) is 7.50. The monoisotopic (exact) mass is 350 g/mol. The zero-order chi connectivity index (χ0) is 18.6. The zero-order valence-corrected chi connectivity index (χ0v) is 13.7. The summed E-state index contributed by atoms with van der Waals surface area (Å²) in [7, 11) is 0. The van der Waals surface area contributed by atoms with E-state index in [1.165, 1.54) is 6.92 Å². The van der Waals surface area contributed by atoms with Crippen molar-refractivity contribution in [1.29, 1.82) is 0 Å². The van der Waals surface area contributed by atoms with Gasteiger partial charge in [-0.2, -0.15) is 13.2 Å². The van der Waals surface area contributed by atoms with Crippen LogP contribution in [0.3, 0.4) is 0 Å². The van der Waals surface area contributed by atoms with Crippen LogP contribution < -0.4 is 10.6 Å². The largest absolute Gasteiger partial charge is 0.416 e. The first-order chi connectivity index (χ1) is 11.7. The van der Waals surface area contributed by atoms with E-state index in [9.17, 15) is 22.8 Å². The Kier molecular flexibility index (Phi) is 5.46. The van der Waals surface area contributed by atoms with Gasteiger partial charge < -0.3 is 10.6 Å². The maximum absolute atomic E-state index is 12.9. The van der Waals surface area contributed by atoms with Gasteiger partial charge in [0.25, 0.3) is 0 Å². The molecule has 0 aromatic heterocycles. The normalized spacial score (nSPS) is 11.1. The number of carbonyl (C=O) groups is 2. The number of halogens is 3. The smallest absolute Gasteiger partial charge is 0.325 e. The van der Waals surface area contributed by atoms with Gasteiger partial charge in [-0.05, 0) is 36.2 Å². The fourth-order valence-corrected chi connectivity index (χ4v) is 2.30. The molecule has 0 radical (unpaired) electrons. The molecule has 0 spiro atoms. The lowest BCUT2D eigenvalue weighted by Gasteiger charge is -2.15. The van der Waals surface area contributed by atoms with Crippen LogP contribution in [0.1, 0.15) is 23.6 Å². The minimum atomic E-state index is -4.55. The summed E-state index contributed by atoms with van der Waals surface area (Å²) in [4.78, 5) is 23.5. The van der Waals surface area contributed by atoms with Crippen LogP contribution in [0, 0.1) is 6.92 Å². The SMILES string of the molecule is CC(=O)Nc1ccc(C(F)(F)F)cc1NC(=O)Cc1ccccc1C. The number of alkyl halides is 3. The van der Waals surface area contributed by atoms with Crippen molar-refractivity contribution in [2.45, 2.75) is 26.4 Å². The maximum Gasteiger partial charge on any atom is 0.416 e. The predicted molar refractivity (Wildman–Crippen MR) is 89.3 cm³/mol. The fourth-order valence-electron chi connectivity index (χ4n) is 2.30. The molecule has 132 valence electrons. The first-order valence-electron chi connectivity index (χ1n) is 7.50. The van der Waals surface area contributed by atoms with Gasteiger partial charge in [-0.3, -0.25) is 9.59 Å². The van der Waals surface area contributed by atoms with Crippen LogP contribution in [0.15, 0.2) is 42.5 Å². The maximum atomic E-state index is 12.9.